The Kier molecular flexibility index (Phi) is 2.85. The summed E-state index contributed by atoms with van der Waals surface area (Å²) in [6.07, 6.45) is -0.619. The van der Waals surface area contributed by atoms with Gasteiger partial charge in [0.15, 0.2) is 6.10 Å². The number of ketones is 1. The minimum atomic E-state index is -1.21. The number of carbonyl (C=O) groups is 1. The molecule has 1 aromatic rings. The third kappa shape index (κ3) is 1.86. The lowest BCUT2D eigenvalue weighted by Gasteiger charge is -2.21. The number of Topliss-reactive ketones (excluding diaryl/α,β-unsaturated/α-hetero) is 1. The second-order valence-corrected chi connectivity index (χ2v) is 5.89. The van der Waals surface area contributed by atoms with E-state index in [1.165, 1.54) is 0 Å². The maximum atomic E-state index is 12.1. The molecule has 0 amide bonds. The third-order valence-electron chi connectivity index (χ3n) is 3.57. The van der Waals surface area contributed by atoms with E-state index >= 15 is 0 Å². The molecule has 1 fully saturated rings. The number of hydrogen-bond donors (Lipinski definition) is 1. The fourth-order valence-corrected chi connectivity index (χ4v) is 3.27. The smallest absolute Gasteiger partial charge is 0.171 e. The minimum Gasteiger partial charge on any atom is -0.388 e. The highest BCUT2D eigenvalue weighted by molar-refractivity contribution is 6.41. The minimum absolute atomic E-state index is 0.0451. The standard InChI is InChI=1S/C13H11Cl2NO3/c1-13(18)5-8(17)10-11(16-19-12(10)13)9-6(14)3-2-4-7(9)15/h2-4,10,12,18H,5H2,1H3/t10-,12+,13-/m0/s1. The van der Waals surface area contributed by atoms with E-state index in [0.29, 0.717) is 21.3 Å². The molecule has 3 atom stereocenters. The number of hydrogen-bond acceptors (Lipinski definition) is 4. The molecule has 6 heteroatoms. The molecule has 2 aliphatic rings. The molecule has 1 aromatic carbocycles. The molecule has 0 bridgehead atoms. The number of rotatable bonds is 1. The van der Waals surface area contributed by atoms with Crippen LogP contribution in [0.3, 0.4) is 0 Å². The molecule has 0 radical (unpaired) electrons. The summed E-state index contributed by atoms with van der Waals surface area (Å²) in [4.78, 5) is 17.3. The van der Waals surface area contributed by atoms with Crippen LogP contribution in [0.5, 0.6) is 0 Å². The molecule has 0 unspecified atom stereocenters. The van der Waals surface area contributed by atoms with Crippen molar-refractivity contribution in [1.29, 1.82) is 0 Å². The van der Waals surface area contributed by atoms with Crippen molar-refractivity contribution < 1.29 is 14.7 Å². The first kappa shape index (κ1) is 12.9. The zero-order valence-corrected chi connectivity index (χ0v) is 11.6. The van der Waals surface area contributed by atoms with Crippen molar-refractivity contribution in [3.63, 3.8) is 0 Å². The lowest BCUT2D eigenvalue weighted by Crippen LogP contribution is -2.37. The van der Waals surface area contributed by atoms with Gasteiger partial charge in [0.05, 0.1) is 10.0 Å². The number of benzene rings is 1. The molecule has 1 aliphatic carbocycles. The summed E-state index contributed by atoms with van der Waals surface area (Å²) in [6.45, 7) is 1.57. The van der Waals surface area contributed by atoms with E-state index in [9.17, 15) is 9.90 Å². The second kappa shape index (κ2) is 4.20. The van der Waals surface area contributed by atoms with Gasteiger partial charge in [-0.15, -0.1) is 0 Å². The van der Waals surface area contributed by atoms with Gasteiger partial charge in [-0.25, -0.2) is 0 Å². The van der Waals surface area contributed by atoms with E-state index in [1.807, 2.05) is 0 Å². The van der Waals surface area contributed by atoms with Crippen LogP contribution < -0.4 is 0 Å². The van der Waals surface area contributed by atoms with Crippen LogP contribution >= 0.6 is 23.2 Å². The maximum absolute atomic E-state index is 12.1. The Bertz CT molecular complexity index is 577. The Hall–Kier alpha value is -1.10. The van der Waals surface area contributed by atoms with Crippen LogP contribution in [0.4, 0.5) is 0 Å². The van der Waals surface area contributed by atoms with Gasteiger partial charge in [-0.3, -0.25) is 4.79 Å². The van der Waals surface area contributed by atoms with E-state index in [0.717, 1.165) is 0 Å². The van der Waals surface area contributed by atoms with Crippen LogP contribution in [0, 0.1) is 5.92 Å². The Balaban J connectivity index is 2.07. The number of halogens is 2. The average molecular weight is 300 g/mol. The van der Waals surface area contributed by atoms with Crippen molar-refractivity contribution in [1.82, 2.24) is 0 Å². The molecule has 1 heterocycles. The van der Waals surface area contributed by atoms with Gasteiger partial charge >= 0.3 is 0 Å². The van der Waals surface area contributed by atoms with Crippen LogP contribution in [0.25, 0.3) is 0 Å². The van der Waals surface area contributed by atoms with Gasteiger partial charge < -0.3 is 9.94 Å². The number of nitrogens with zero attached hydrogens (tertiary/aromatic N) is 1. The Morgan fingerprint density at radius 2 is 2.05 bits per heavy atom. The quantitative estimate of drug-likeness (QED) is 0.866. The molecule has 0 spiro atoms. The van der Waals surface area contributed by atoms with E-state index in [2.05, 4.69) is 5.16 Å². The van der Waals surface area contributed by atoms with E-state index in [-0.39, 0.29) is 12.2 Å². The maximum Gasteiger partial charge on any atom is 0.171 e. The first-order valence-corrected chi connectivity index (χ1v) is 6.60. The monoisotopic (exact) mass is 299 g/mol. The highest BCUT2D eigenvalue weighted by Gasteiger charge is 2.57. The fourth-order valence-electron chi connectivity index (χ4n) is 2.68. The summed E-state index contributed by atoms with van der Waals surface area (Å²) in [5.74, 6) is -0.713. The summed E-state index contributed by atoms with van der Waals surface area (Å²) in [5, 5.41) is 14.9. The third-order valence-corrected chi connectivity index (χ3v) is 4.20. The van der Waals surface area contributed by atoms with Crippen molar-refractivity contribution in [3.8, 4) is 0 Å². The molecule has 1 N–H and O–H groups in total. The van der Waals surface area contributed by atoms with Crippen LogP contribution in [-0.4, -0.2) is 28.3 Å². The average Bonchev–Trinajstić information content (AvgIpc) is 2.81. The second-order valence-electron chi connectivity index (χ2n) is 5.08. The Labute approximate surface area is 119 Å². The first-order valence-electron chi connectivity index (χ1n) is 5.85. The Morgan fingerprint density at radius 1 is 1.42 bits per heavy atom. The molecule has 4 nitrogen and oxygen atoms in total. The molecular formula is C13H11Cl2NO3. The number of oxime groups is 1. The summed E-state index contributed by atoms with van der Waals surface area (Å²) >= 11 is 12.2. The van der Waals surface area contributed by atoms with Gasteiger partial charge in [0.2, 0.25) is 0 Å². The zero-order chi connectivity index (χ0) is 13.8. The van der Waals surface area contributed by atoms with Gasteiger partial charge in [0.1, 0.15) is 23.0 Å². The molecule has 1 aliphatic heterocycles. The highest BCUT2D eigenvalue weighted by atomic mass is 35.5. The zero-order valence-electron chi connectivity index (χ0n) is 10.1. The van der Waals surface area contributed by atoms with Crippen LogP contribution in [0.2, 0.25) is 10.0 Å². The molecule has 100 valence electrons. The van der Waals surface area contributed by atoms with Gasteiger partial charge in [0.25, 0.3) is 0 Å². The van der Waals surface area contributed by atoms with Crippen LogP contribution in [0.1, 0.15) is 18.9 Å². The summed E-state index contributed by atoms with van der Waals surface area (Å²) in [5.41, 5.74) is -0.298. The SMILES string of the molecule is C[C@]1(O)CC(=O)[C@H]2C(c3c(Cl)cccc3Cl)=NO[C@H]21. The van der Waals surface area contributed by atoms with Crippen molar-refractivity contribution in [2.24, 2.45) is 11.1 Å². The highest BCUT2D eigenvalue weighted by Crippen LogP contribution is 2.42. The summed E-state index contributed by atoms with van der Waals surface area (Å²) < 4.78 is 0. The lowest BCUT2D eigenvalue weighted by molar-refractivity contribution is -0.119. The van der Waals surface area contributed by atoms with Crippen molar-refractivity contribution >= 4 is 34.7 Å². The van der Waals surface area contributed by atoms with Crippen LogP contribution in [-0.2, 0) is 9.63 Å². The van der Waals surface area contributed by atoms with Crippen molar-refractivity contribution in [2.45, 2.75) is 25.0 Å². The van der Waals surface area contributed by atoms with Gasteiger partial charge in [0, 0.05) is 12.0 Å². The first-order chi connectivity index (χ1) is 8.92. The largest absolute Gasteiger partial charge is 0.388 e. The number of fused-ring (bicyclic) bond motifs is 1. The van der Waals surface area contributed by atoms with Gasteiger partial charge in [-0.2, -0.15) is 0 Å². The van der Waals surface area contributed by atoms with E-state index in [4.69, 9.17) is 28.0 Å². The van der Waals surface area contributed by atoms with E-state index in [1.54, 1.807) is 25.1 Å². The normalized spacial score (nSPS) is 33.1. The van der Waals surface area contributed by atoms with Crippen molar-refractivity contribution in [3.05, 3.63) is 33.8 Å². The molecule has 0 saturated heterocycles. The molecule has 1 saturated carbocycles. The van der Waals surface area contributed by atoms with Gasteiger partial charge in [-0.05, 0) is 19.1 Å². The number of aliphatic hydroxyl groups is 1. The number of carbonyl (C=O) groups excluding carboxylic acids is 1. The van der Waals surface area contributed by atoms with Crippen molar-refractivity contribution in [2.75, 3.05) is 0 Å². The molecule has 3 rings (SSSR count). The molecule has 0 aromatic heterocycles. The predicted octanol–water partition coefficient (Wildman–Crippen LogP) is 2.44. The summed E-state index contributed by atoms with van der Waals surface area (Å²) in [6, 6.07) is 5.07. The molecular weight excluding hydrogens is 289 g/mol. The van der Waals surface area contributed by atoms with Crippen LogP contribution in [0.15, 0.2) is 23.4 Å². The lowest BCUT2D eigenvalue weighted by atomic mass is 9.91. The Morgan fingerprint density at radius 3 is 2.68 bits per heavy atom. The summed E-state index contributed by atoms with van der Waals surface area (Å²) in [7, 11) is 0. The topological polar surface area (TPSA) is 58.9 Å². The fraction of sp³-hybridized carbons (Fsp3) is 0.385. The molecule has 19 heavy (non-hydrogen) atoms. The van der Waals surface area contributed by atoms with Gasteiger partial charge in [-0.1, -0.05) is 34.4 Å². The van der Waals surface area contributed by atoms with E-state index < -0.39 is 17.6 Å². The predicted molar refractivity (Wildman–Crippen MR) is 71.6 cm³/mol.